The lowest BCUT2D eigenvalue weighted by molar-refractivity contribution is 0.621. The van der Waals surface area contributed by atoms with Gasteiger partial charge in [0.2, 0.25) is 5.89 Å². The molecular weight excluding hydrogens is 526 g/mol. The zero-order chi connectivity index (χ0) is 28.6. The maximum Gasteiger partial charge on any atom is 0.227 e. The van der Waals surface area contributed by atoms with Crippen molar-refractivity contribution in [1.29, 1.82) is 0 Å². The molecule has 2 aromatic heterocycles. The van der Waals surface area contributed by atoms with Crippen molar-refractivity contribution in [1.82, 2.24) is 15.2 Å². The SMILES string of the molecule is c1ccc(-c2ccc(-c3ccccc3-c3ccc4ccccc4c3-c3cccc4nc(-c5ccccc5)oc34)nn2)cc1. The summed E-state index contributed by atoms with van der Waals surface area (Å²) in [5, 5.41) is 11.6. The van der Waals surface area contributed by atoms with E-state index in [1.54, 1.807) is 0 Å². The van der Waals surface area contributed by atoms with Gasteiger partial charge in [0.15, 0.2) is 5.58 Å². The Morgan fingerprint density at radius 3 is 1.86 bits per heavy atom. The minimum absolute atomic E-state index is 0.610. The van der Waals surface area contributed by atoms with Gasteiger partial charge in [-0.25, -0.2) is 4.98 Å². The predicted octanol–water partition coefficient (Wildman–Crippen LogP) is 10.1. The molecule has 0 bridgehead atoms. The highest BCUT2D eigenvalue weighted by Crippen LogP contribution is 2.44. The molecule has 8 aromatic rings. The van der Waals surface area contributed by atoms with Gasteiger partial charge in [-0.1, -0.05) is 121 Å². The summed E-state index contributed by atoms with van der Waals surface area (Å²) in [6, 6.07) is 51.7. The first-order chi connectivity index (χ1) is 21.3. The molecule has 0 N–H and O–H groups in total. The minimum atomic E-state index is 0.610. The van der Waals surface area contributed by atoms with E-state index >= 15 is 0 Å². The van der Waals surface area contributed by atoms with E-state index in [2.05, 4.69) is 89.1 Å². The summed E-state index contributed by atoms with van der Waals surface area (Å²) in [4.78, 5) is 4.87. The van der Waals surface area contributed by atoms with Crippen molar-refractivity contribution in [2.75, 3.05) is 0 Å². The molecule has 0 unspecified atom stereocenters. The lowest BCUT2D eigenvalue weighted by Gasteiger charge is -2.17. The molecule has 4 heteroatoms. The van der Waals surface area contributed by atoms with Gasteiger partial charge in [-0.2, -0.15) is 0 Å². The smallest absolute Gasteiger partial charge is 0.227 e. The van der Waals surface area contributed by atoms with Gasteiger partial charge in [-0.3, -0.25) is 0 Å². The second-order valence-corrected chi connectivity index (χ2v) is 10.5. The van der Waals surface area contributed by atoms with E-state index in [-0.39, 0.29) is 0 Å². The number of hydrogen-bond donors (Lipinski definition) is 0. The molecule has 0 amide bonds. The van der Waals surface area contributed by atoms with Crippen molar-refractivity contribution in [3.8, 4) is 56.2 Å². The lowest BCUT2D eigenvalue weighted by Crippen LogP contribution is -1.94. The van der Waals surface area contributed by atoms with E-state index in [1.165, 1.54) is 0 Å². The molecule has 4 nitrogen and oxygen atoms in total. The molecule has 0 aliphatic carbocycles. The van der Waals surface area contributed by atoms with Crippen LogP contribution in [0.1, 0.15) is 0 Å². The van der Waals surface area contributed by atoms with Crippen LogP contribution in [0.25, 0.3) is 78.1 Å². The molecule has 0 saturated heterocycles. The fourth-order valence-corrected chi connectivity index (χ4v) is 5.82. The summed E-state index contributed by atoms with van der Waals surface area (Å²) in [6.45, 7) is 0. The summed E-state index contributed by atoms with van der Waals surface area (Å²) >= 11 is 0. The average molecular weight is 552 g/mol. The molecule has 43 heavy (non-hydrogen) atoms. The van der Waals surface area contributed by atoms with Crippen LogP contribution in [0.3, 0.4) is 0 Å². The summed E-state index contributed by atoms with van der Waals surface area (Å²) < 4.78 is 6.52. The number of fused-ring (bicyclic) bond motifs is 2. The summed E-state index contributed by atoms with van der Waals surface area (Å²) in [5.41, 5.74) is 10.5. The number of nitrogens with zero attached hydrogens (tertiary/aromatic N) is 3. The second kappa shape index (κ2) is 10.5. The van der Waals surface area contributed by atoms with E-state index in [0.29, 0.717) is 5.89 Å². The third kappa shape index (κ3) is 4.46. The Kier molecular flexibility index (Phi) is 6.08. The van der Waals surface area contributed by atoms with Crippen LogP contribution in [-0.2, 0) is 0 Å². The molecular formula is C39H25N3O. The van der Waals surface area contributed by atoms with E-state index in [9.17, 15) is 0 Å². The number of benzene rings is 6. The molecule has 0 fully saturated rings. The third-order valence-corrected chi connectivity index (χ3v) is 7.86. The van der Waals surface area contributed by atoms with Gasteiger partial charge >= 0.3 is 0 Å². The number of para-hydroxylation sites is 1. The standard InChI is InChI=1S/C39H25N3O/c1-3-13-27(14-4-1)34-24-25-35(42-41-34)31-19-10-9-18-30(31)32-23-22-26-12-7-8-17-29(26)37(32)33-20-11-21-36-38(33)43-39(40-36)28-15-5-2-6-16-28/h1-25H. The van der Waals surface area contributed by atoms with Crippen LogP contribution >= 0.6 is 0 Å². The average Bonchev–Trinajstić information content (AvgIpc) is 3.54. The zero-order valence-corrected chi connectivity index (χ0v) is 23.2. The quantitative estimate of drug-likeness (QED) is 0.214. The highest BCUT2D eigenvalue weighted by molar-refractivity contribution is 6.10. The Bertz CT molecular complexity index is 2220. The van der Waals surface area contributed by atoms with E-state index in [1.807, 2.05) is 72.8 Å². The molecule has 0 spiro atoms. The van der Waals surface area contributed by atoms with Gasteiger partial charge in [-0.15, -0.1) is 10.2 Å². The summed E-state index contributed by atoms with van der Waals surface area (Å²) in [5.74, 6) is 0.610. The van der Waals surface area contributed by atoms with Crippen LogP contribution in [0.15, 0.2) is 156 Å². The zero-order valence-electron chi connectivity index (χ0n) is 23.2. The molecule has 0 atom stereocenters. The van der Waals surface area contributed by atoms with Crippen molar-refractivity contribution in [3.05, 3.63) is 152 Å². The van der Waals surface area contributed by atoms with E-state index in [0.717, 1.165) is 72.2 Å². The van der Waals surface area contributed by atoms with Crippen LogP contribution in [-0.4, -0.2) is 15.2 Å². The molecule has 0 saturated carbocycles. The maximum absolute atomic E-state index is 6.52. The Labute approximate surface area is 249 Å². The first-order valence-electron chi connectivity index (χ1n) is 14.3. The Morgan fingerprint density at radius 2 is 1.07 bits per heavy atom. The van der Waals surface area contributed by atoms with Gasteiger partial charge in [0.1, 0.15) is 5.52 Å². The maximum atomic E-state index is 6.52. The van der Waals surface area contributed by atoms with Crippen molar-refractivity contribution in [3.63, 3.8) is 0 Å². The van der Waals surface area contributed by atoms with Crippen LogP contribution in [0, 0.1) is 0 Å². The number of oxazole rings is 1. The van der Waals surface area contributed by atoms with Gasteiger partial charge in [-0.05, 0) is 52.2 Å². The Balaban J connectivity index is 1.34. The lowest BCUT2D eigenvalue weighted by atomic mass is 9.87. The van der Waals surface area contributed by atoms with Crippen LogP contribution in [0.2, 0.25) is 0 Å². The van der Waals surface area contributed by atoms with Crippen molar-refractivity contribution < 1.29 is 4.42 Å². The van der Waals surface area contributed by atoms with Crippen LogP contribution < -0.4 is 0 Å². The Hall–Kier alpha value is -5.87. The monoisotopic (exact) mass is 551 g/mol. The van der Waals surface area contributed by atoms with Gasteiger partial charge < -0.3 is 4.42 Å². The van der Waals surface area contributed by atoms with Crippen molar-refractivity contribution in [2.24, 2.45) is 0 Å². The van der Waals surface area contributed by atoms with Gasteiger partial charge in [0, 0.05) is 27.8 Å². The van der Waals surface area contributed by atoms with Crippen LogP contribution in [0.5, 0.6) is 0 Å². The molecule has 2 heterocycles. The number of hydrogen-bond acceptors (Lipinski definition) is 4. The van der Waals surface area contributed by atoms with Gasteiger partial charge in [0.05, 0.1) is 11.4 Å². The van der Waals surface area contributed by atoms with Crippen molar-refractivity contribution in [2.45, 2.75) is 0 Å². The predicted molar refractivity (Wildman–Crippen MR) is 174 cm³/mol. The summed E-state index contributed by atoms with van der Waals surface area (Å²) in [7, 11) is 0. The largest absolute Gasteiger partial charge is 0.435 e. The number of rotatable bonds is 5. The first kappa shape index (κ1) is 24.9. The molecule has 202 valence electrons. The van der Waals surface area contributed by atoms with E-state index < -0.39 is 0 Å². The van der Waals surface area contributed by atoms with E-state index in [4.69, 9.17) is 9.40 Å². The van der Waals surface area contributed by atoms with Crippen LogP contribution in [0.4, 0.5) is 0 Å². The second-order valence-electron chi connectivity index (χ2n) is 10.5. The normalized spacial score (nSPS) is 11.3. The molecule has 0 radical (unpaired) electrons. The topological polar surface area (TPSA) is 51.8 Å². The highest BCUT2D eigenvalue weighted by atomic mass is 16.3. The Morgan fingerprint density at radius 1 is 0.419 bits per heavy atom. The third-order valence-electron chi connectivity index (χ3n) is 7.86. The fraction of sp³-hybridized carbons (Fsp3) is 0. The fourth-order valence-electron chi connectivity index (χ4n) is 5.82. The molecule has 8 rings (SSSR count). The molecule has 6 aromatic carbocycles. The van der Waals surface area contributed by atoms with Crippen molar-refractivity contribution >= 4 is 21.9 Å². The minimum Gasteiger partial charge on any atom is -0.435 e. The first-order valence-corrected chi connectivity index (χ1v) is 14.3. The summed E-state index contributed by atoms with van der Waals surface area (Å²) in [6.07, 6.45) is 0. The molecule has 0 aliphatic rings. The molecule has 0 aliphatic heterocycles. The highest BCUT2D eigenvalue weighted by Gasteiger charge is 2.20. The van der Waals surface area contributed by atoms with Gasteiger partial charge in [0.25, 0.3) is 0 Å². The number of aromatic nitrogens is 3.